The van der Waals surface area contributed by atoms with Crippen molar-refractivity contribution in [2.24, 2.45) is 0 Å². The SMILES string of the molecule is CCN(Cc1ccncc1)C(=O)c1cnn(-c2nccc(-c3cc(OC)ccc3OC)n2)c1C. The molecule has 1 aromatic carbocycles. The number of nitrogens with zero attached hydrogens (tertiary/aromatic N) is 6. The number of rotatable bonds is 8. The van der Waals surface area contributed by atoms with Gasteiger partial charge in [0.15, 0.2) is 0 Å². The first-order chi connectivity index (χ1) is 16.5. The molecule has 0 bridgehead atoms. The summed E-state index contributed by atoms with van der Waals surface area (Å²) in [7, 11) is 3.21. The molecule has 0 radical (unpaired) electrons. The number of benzene rings is 1. The monoisotopic (exact) mass is 458 g/mol. The van der Waals surface area contributed by atoms with E-state index in [0.717, 1.165) is 11.1 Å². The molecule has 0 unspecified atom stereocenters. The molecule has 4 aromatic rings. The molecule has 9 heteroatoms. The zero-order valence-corrected chi connectivity index (χ0v) is 19.6. The Morgan fingerprint density at radius 2 is 1.85 bits per heavy atom. The number of carbonyl (C=O) groups is 1. The van der Waals surface area contributed by atoms with Gasteiger partial charge in [-0.15, -0.1) is 0 Å². The number of ether oxygens (including phenoxy) is 2. The molecular formula is C25H26N6O3. The zero-order valence-electron chi connectivity index (χ0n) is 19.6. The number of amides is 1. The summed E-state index contributed by atoms with van der Waals surface area (Å²) in [5.74, 6) is 1.60. The number of methoxy groups -OCH3 is 2. The minimum Gasteiger partial charge on any atom is -0.497 e. The number of hydrogen-bond donors (Lipinski definition) is 0. The summed E-state index contributed by atoms with van der Waals surface area (Å²) in [5.41, 5.74) is 3.59. The minimum absolute atomic E-state index is 0.103. The average molecular weight is 459 g/mol. The fourth-order valence-electron chi connectivity index (χ4n) is 3.64. The topological polar surface area (TPSA) is 95.3 Å². The predicted octanol–water partition coefficient (Wildman–Crippen LogP) is 3.71. The minimum atomic E-state index is -0.103. The smallest absolute Gasteiger partial charge is 0.257 e. The molecule has 0 fully saturated rings. The molecule has 0 N–H and O–H groups in total. The van der Waals surface area contributed by atoms with Gasteiger partial charge in [-0.1, -0.05) is 0 Å². The second kappa shape index (κ2) is 10.1. The Morgan fingerprint density at radius 3 is 2.56 bits per heavy atom. The van der Waals surface area contributed by atoms with Crippen LogP contribution in [0.5, 0.6) is 11.5 Å². The Labute approximate surface area is 198 Å². The summed E-state index contributed by atoms with van der Waals surface area (Å²) in [6, 6.07) is 11.1. The second-order valence-electron chi connectivity index (χ2n) is 7.54. The Balaban J connectivity index is 1.65. The third-order valence-corrected chi connectivity index (χ3v) is 5.55. The maximum atomic E-state index is 13.3. The number of carbonyl (C=O) groups excluding carboxylic acids is 1. The molecule has 4 rings (SSSR count). The van der Waals surface area contributed by atoms with E-state index >= 15 is 0 Å². The lowest BCUT2D eigenvalue weighted by Gasteiger charge is -2.20. The standard InChI is InChI=1S/C25H26N6O3/c1-5-30(16-18-8-11-26-12-9-18)24(32)21-15-28-31(17(21)2)25-27-13-10-22(29-25)20-14-19(33-3)6-7-23(20)34-4/h6-15H,5,16H2,1-4H3. The van der Waals surface area contributed by atoms with Crippen molar-refractivity contribution in [2.75, 3.05) is 20.8 Å². The molecule has 0 aliphatic carbocycles. The summed E-state index contributed by atoms with van der Waals surface area (Å²) in [6.45, 7) is 4.84. The van der Waals surface area contributed by atoms with Gasteiger partial charge in [0.25, 0.3) is 11.9 Å². The van der Waals surface area contributed by atoms with Crippen molar-refractivity contribution in [2.45, 2.75) is 20.4 Å². The van der Waals surface area contributed by atoms with E-state index in [4.69, 9.17) is 9.47 Å². The summed E-state index contributed by atoms with van der Waals surface area (Å²) in [6.07, 6.45) is 6.66. The lowest BCUT2D eigenvalue weighted by molar-refractivity contribution is 0.0751. The Kier molecular flexibility index (Phi) is 6.82. The highest BCUT2D eigenvalue weighted by molar-refractivity contribution is 5.95. The molecular weight excluding hydrogens is 432 g/mol. The lowest BCUT2D eigenvalue weighted by atomic mass is 10.1. The van der Waals surface area contributed by atoms with Crippen LogP contribution in [0.4, 0.5) is 0 Å². The fraction of sp³-hybridized carbons (Fsp3) is 0.240. The van der Waals surface area contributed by atoms with Crippen molar-refractivity contribution in [3.05, 3.63) is 78.0 Å². The maximum absolute atomic E-state index is 13.3. The molecule has 0 aliphatic rings. The van der Waals surface area contributed by atoms with E-state index in [2.05, 4.69) is 20.1 Å². The van der Waals surface area contributed by atoms with Crippen LogP contribution < -0.4 is 9.47 Å². The first-order valence-corrected chi connectivity index (χ1v) is 10.8. The van der Waals surface area contributed by atoms with E-state index in [1.165, 1.54) is 0 Å². The summed E-state index contributed by atoms with van der Waals surface area (Å²) >= 11 is 0. The average Bonchev–Trinajstić information content (AvgIpc) is 3.28. The van der Waals surface area contributed by atoms with Crippen LogP contribution in [0.25, 0.3) is 17.2 Å². The molecule has 0 aliphatic heterocycles. The number of pyridine rings is 1. The molecule has 0 saturated carbocycles. The molecule has 174 valence electrons. The van der Waals surface area contributed by atoms with Gasteiger partial charge in [-0.05, 0) is 55.8 Å². The highest BCUT2D eigenvalue weighted by Crippen LogP contribution is 2.32. The van der Waals surface area contributed by atoms with Gasteiger partial charge in [0.05, 0.1) is 37.4 Å². The molecule has 0 atom stereocenters. The molecule has 1 amide bonds. The van der Waals surface area contributed by atoms with Gasteiger partial charge in [0.1, 0.15) is 11.5 Å². The van der Waals surface area contributed by atoms with Gasteiger partial charge in [-0.2, -0.15) is 5.10 Å². The molecule has 3 heterocycles. The van der Waals surface area contributed by atoms with E-state index in [1.54, 1.807) is 54.7 Å². The van der Waals surface area contributed by atoms with Crippen LogP contribution in [0, 0.1) is 6.92 Å². The van der Waals surface area contributed by atoms with Crippen LogP contribution in [0.2, 0.25) is 0 Å². The van der Waals surface area contributed by atoms with Gasteiger partial charge in [0, 0.05) is 37.2 Å². The van der Waals surface area contributed by atoms with Crippen molar-refractivity contribution in [1.82, 2.24) is 29.6 Å². The first kappa shape index (κ1) is 22.9. The van der Waals surface area contributed by atoms with Crippen molar-refractivity contribution >= 4 is 5.91 Å². The van der Waals surface area contributed by atoms with Gasteiger partial charge >= 0.3 is 0 Å². The van der Waals surface area contributed by atoms with Crippen molar-refractivity contribution in [1.29, 1.82) is 0 Å². The third-order valence-electron chi connectivity index (χ3n) is 5.55. The van der Waals surface area contributed by atoms with Crippen molar-refractivity contribution in [3.8, 4) is 28.7 Å². The molecule has 3 aromatic heterocycles. The highest BCUT2D eigenvalue weighted by atomic mass is 16.5. The first-order valence-electron chi connectivity index (χ1n) is 10.8. The third kappa shape index (κ3) is 4.59. The quantitative estimate of drug-likeness (QED) is 0.397. The van der Waals surface area contributed by atoms with E-state index in [1.807, 2.05) is 44.2 Å². The molecule has 0 spiro atoms. The summed E-state index contributed by atoms with van der Waals surface area (Å²) < 4.78 is 12.4. The fourth-order valence-corrected chi connectivity index (χ4v) is 3.64. The van der Waals surface area contributed by atoms with Crippen molar-refractivity contribution < 1.29 is 14.3 Å². The summed E-state index contributed by atoms with van der Waals surface area (Å²) in [4.78, 5) is 28.1. The van der Waals surface area contributed by atoms with Crippen LogP contribution in [-0.2, 0) is 6.54 Å². The van der Waals surface area contributed by atoms with Crippen molar-refractivity contribution in [3.63, 3.8) is 0 Å². The Bertz CT molecular complexity index is 1290. The zero-order chi connectivity index (χ0) is 24.1. The Hall–Kier alpha value is -4.27. The lowest BCUT2D eigenvalue weighted by Crippen LogP contribution is -2.30. The normalized spacial score (nSPS) is 10.7. The highest BCUT2D eigenvalue weighted by Gasteiger charge is 2.22. The molecule has 0 saturated heterocycles. The van der Waals surface area contributed by atoms with Crippen LogP contribution in [0.1, 0.15) is 28.5 Å². The van der Waals surface area contributed by atoms with Gasteiger partial charge in [0.2, 0.25) is 0 Å². The predicted molar refractivity (Wildman–Crippen MR) is 127 cm³/mol. The number of hydrogen-bond acceptors (Lipinski definition) is 7. The van der Waals surface area contributed by atoms with Crippen LogP contribution in [0.3, 0.4) is 0 Å². The van der Waals surface area contributed by atoms with Gasteiger partial charge in [-0.3, -0.25) is 9.78 Å². The molecule has 34 heavy (non-hydrogen) atoms. The van der Waals surface area contributed by atoms with E-state index in [9.17, 15) is 4.79 Å². The van der Waals surface area contributed by atoms with Crippen LogP contribution in [0.15, 0.2) is 61.2 Å². The van der Waals surface area contributed by atoms with E-state index < -0.39 is 0 Å². The van der Waals surface area contributed by atoms with E-state index in [-0.39, 0.29) is 5.91 Å². The largest absolute Gasteiger partial charge is 0.497 e. The Morgan fingerprint density at radius 1 is 1.06 bits per heavy atom. The molecule has 9 nitrogen and oxygen atoms in total. The van der Waals surface area contributed by atoms with Gasteiger partial charge in [-0.25, -0.2) is 14.6 Å². The maximum Gasteiger partial charge on any atom is 0.257 e. The second-order valence-corrected chi connectivity index (χ2v) is 7.54. The van der Waals surface area contributed by atoms with E-state index in [0.29, 0.717) is 47.5 Å². The van der Waals surface area contributed by atoms with Crippen LogP contribution >= 0.6 is 0 Å². The van der Waals surface area contributed by atoms with Gasteiger partial charge < -0.3 is 14.4 Å². The number of aromatic nitrogens is 5. The van der Waals surface area contributed by atoms with Crippen LogP contribution in [-0.4, -0.2) is 56.3 Å². The summed E-state index contributed by atoms with van der Waals surface area (Å²) in [5, 5.41) is 4.42.